The van der Waals surface area contributed by atoms with Crippen molar-refractivity contribution in [2.24, 2.45) is 0 Å². The third kappa shape index (κ3) is 2.79. The molecule has 0 fully saturated rings. The molecule has 0 bridgehead atoms. The molecule has 1 aromatic heterocycles. The Balaban J connectivity index is 2.31. The van der Waals surface area contributed by atoms with Crippen LogP contribution in [0, 0.1) is 0 Å². The summed E-state index contributed by atoms with van der Waals surface area (Å²) in [5, 5.41) is 0.489. The van der Waals surface area contributed by atoms with Gasteiger partial charge in [-0.25, -0.2) is 0 Å². The van der Waals surface area contributed by atoms with E-state index < -0.39 is 0 Å². The lowest BCUT2D eigenvalue weighted by Crippen LogP contribution is -2.00. The fraction of sp³-hybridized carbons (Fsp3) is 0.167. The lowest BCUT2D eigenvalue weighted by molar-refractivity contribution is 0.390. The Hall–Kier alpha value is -2.21. The highest BCUT2D eigenvalue weighted by molar-refractivity contribution is 6.32. The van der Waals surface area contributed by atoms with Gasteiger partial charge in [0.25, 0.3) is 0 Å². The van der Waals surface area contributed by atoms with E-state index in [1.54, 1.807) is 18.2 Å². The van der Waals surface area contributed by atoms with Crippen molar-refractivity contribution in [3.8, 4) is 23.3 Å². The van der Waals surface area contributed by atoms with E-state index in [4.69, 9.17) is 31.5 Å². The second-order valence-corrected chi connectivity index (χ2v) is 3.91. The summed E-state index contributed by atoms with van der Waals surface area (Å²) in [4.78, 5) is 7.81. The average Bonchev–Trinajstić information content (AvgIpc) is 2.43. The molecular formula is C12H12ClN3O3. The molecule has 0 aliphatic heterocycles. The molecule has 2 aromatic rings. The molecule has 0 spiro atoms. The SMILES string of the molecule is COc1cc(Oc2ncnc(OC)c2N)ccc1Cl. The number of benzene rings is 1. The summed E-state index contributed by atoms with van der Waals surface area (Å²) in [6, 6.07) is 4.97. The number of ether oxygens (including phenoxy) is 3. The van der Waals surface area contributed by atoms with Crippen LogP contribution in [0.4, 0.5) is 5.69 Å². The number of aromatic nitrogens is 2. The average molecular weight is 282 g/mol. The number of anilines is 1. The van der Waals surface area contributed by atoms with Gasteiger partial charge in [-0.05, 0) is 12.1 Å². The fourth-order valence-corrected chi connectivity index (χ4v) is 1.62. The van der Waals surface area contributed by atoms with Gasteiger partial charge in [0.2, 0.25) is 11.8 Å². The Morgan fingerprint density at radius 1 is 1.11 bits per heavy atom. The number of hydrogen-bond donors (Lipinski definition) is 1. The van der Waals surface area contributed by atoms with Crippen LogP contribution < -0.4 is 19.9 Å². The van der Waals surface area contributed by atoms with Crippen LogP contribution in [0.5, 0.6) is 23.3 Å². The van der Waals surface area contributed by atoms with Gasteiger partial charge < -0.3 is 19.9 Å². The van der Waals surface area contributed by atoms with Crippen LogP contribution in [-0.2, 0) is 0 Å². The first-order chi connectivity index (χ1) is 9.15. The Morgan fingerprint density at radius 3 is 2.53 bits per heavy atom. The minimum absolute atomic E-state index is 0.205. The van der Waals surface area contributed by atoms with E-state index in [0.717, 1.165) is 0 Å². The minimum Gasteiger partial charge on any atom is -0.495 e. The molecule has 0 saturated heterocycles. The molecule has 2 rings (SSSR count). The summed E-state index contributed by atoms with van der Waals surface area (Å²) >= 11 is 5.93. The zero-order valence-corrected chi connectivity index (χ0v) is 11.1. The maximum atomic E-state index is 5.93. The maximum Gasteiger partial charge on any atom is 0.249 e. The smallest absolute Gasteiger partial charge is 0.249 e. The third-order valence-electron chi connectivity index (χ3n) is 2.34. The largest absolute Gasteiger partial charge is 0.495 e. The standard InChI is InChI=1S/C12H12ClN3O3/c1-17-9-5-7(3-4-8(9)13)19-12-10(14)11(18-2)15-6-16-12/h3-6H,14H2,1-2H3. The Bertz CT molecular complexity index is 592. The molecule has 0 amide bonds. The topological polar surface area (TPSA) is 79.5 Å². The van der Waals surface area contributed by atoms with Gasteiger partial charge >= 0.3 is 0 Å². The van der Waals surface area contributed by atoms with Gasteiger partial charge in [0, 0.05) is 6.07 Å². The first-order valence-corrected chi connectivity index (χ1v) is 5.69. The molecule has 19 heavy (non-hydrogen) atoms. The minimum atomic E-state index is 0.205. The van der Waals surface area contributed by atoms with Crippen LogP contribution >= 0.6 is 11.6 Å². The molecule has 100 valence electrons. The highest BCUT2D eigenvalue weighted by atomic mass is 35.5. The molecular weight excluding hydrogens is 270 g/mol. The summed E-state index contributed by atoms with van der Waals surface area (Å²) in [5.74, 6) is 1.45. The van der Waals surface area contributed by atoms with Crippen molar-refractivity contribution in [1.82, 2.24) is 9.97 Å². The second-order valence-electron chi connectivity index (χ2n) is 3.50. The van der Waals surface area contributed by atoms with E-state index >= 15 is 0 Å². The van der Waals surface area contributed by atoms with Crippen molar-refractivity contribution in [2.45, 2.75) is 0 Å². The maximum absolute atomic E-state index is 5.93. The number of halogens is 1. The summed E-state index contributed by atoms with van der Waals surface area (Å²) < 4.78 is 15.6. The number of rotatable bonds is 4. The van der Waals surface area contributed by atoms with Crippen LogP contribution in [0.25, 0.3) is 0 Å². The van der Waals surface area contributed by atoms with E-state index in [9.17, 15) is 0 Å². The zero-order chi connectivity index (χ0) is 13.8. The number of nitrogens with two attached hydrogens (primary N) is 1. The van der Waals surface area contributed by atoms with Crippen LogP contribution in [0.2, 0.25) is 5.02 Å². The molecule has 0 saturated carbocycles. The Morgan fingerprint density at radius 2 is 1.84 bits per heavy atom. The van der Waals surface area contributed by atoms with Crippen LogP contribution in [0.1, 0.15) is 0 Å². The Labute approximate surface area is 115 Å². The van der Waals surface area contributed by atoms with Gasteiger partial charge in [-0.3, -0.25) is 0 Å². The predicted octanol–water partition coefficient (Wildman–Crippen LogP) is 2.52. The van der Waals surface area contributed by atoms with Crippen molar-refractivity contribution in [3.05, 3.63) is 29.5 Å². The summed E-state index contributed by atoms with van der Waals surface area (Å²) in [5.41, 5.74) is 6.03. The molecule has 6 nitrogen and oxygen atoms in total. The molecule has 0 unspecified atom stereocenters. The van der Waals surface area contributed by atoms with Crippen LogP contribution in [0.15, 0.2) is 24.5 Å². The number of nitrogens with zero attached hydrogens (tertiary/aromatic N) is 2. The van der Waals surface area contributed by atoms with E-state index in [1.807, 2.05) is 0 Å². The van der Waals surface area contributed by atoms with Crippen molar-refractivity contribution in [1.29, 1.82) is 0 Å². The second kappa shape index (κ2) is 5.62. The van der Waals surface area contributed by atoms with Crippen LogP contribution in [-0.4, -0.2) is 24.2 Å². The van der Waals surface area contributed by atoms with E-state index in [0.29, 0.717) is 16.5 Å². The van der Waals surface area contributed by atoms with Gasteiger partial charge in [0.1, 0.15) is 17.8 Å². The lowest BCUT2D eigenvalue weighted by Gasteiger charge is -2.10. The first kappa shape index (κ1) is 13.2. The predicted molar refractivity (Wildman–Crippen MR) is 71.1 cm³/mol. The quantitative estimate of drug-likeness (QED) is 0.927. The first-order valence-electron chi connectivity index (χ1n) is 5.31. The molecule has 0 atom stereocenters. The zero-order valence-electron chi connectivity index (χ0n) is 10.4. The van der Waals surface area contributed by atoms with E-state index in [1.165, 1.54) is 20.5 Å². The highest BCUT2D eigenvalue weighted by Gasteiger charge is 2.11. The summed E-state index contributed by atoms with van der Waals surface area (Å²) in [6.07, 6.45) is 1.30. The molecule has 0 aliphatic rings. The fourth-order valence-electron chi connectivity index (χ4n) is 1.42. The summed E-state index contributed by atoms with van der Waals surface area (Å²) in [6.45, 7) is 0. The molecule has 7 heteroatoms. The van der Waals surface area contributed by atoms with Gasteiger partial charge in [-0.1, -0.05) is 11.6 Å². The molecule has 1 aromatic carbocycles. The normalized spacial score (nSPS) is 10.1. The van der Waals surface area contributed by atoms with Crippen LogP contribution in [0.3, 0.4) is 0 Å². The Kier molecular flexibility index (Phi) is 3.91. The van der Waals surface area contributed by atoms with Crippen molar-refractivity contribution in [3.63, 3.8) is 0 Å². The van der Waals surface area contributed by atoms with Gasteiger partial charge in [-0.15, -0.1) is 0 Å². The molecule has 2 N–H and O–H groups in total. The van der Waals surface area contributed by atoms with Gasteiger partial charge in [0.05, 0.1) is 19.2 Å². The van der Waals surface area contributed by atoms with Crippen molar-refractivity contribution in [2.75, 3.05) is 20.0 Å². The van der Waals surface area contributed by atoms with E-state index in [2.05, 4.69) is 9.97 Å². The molecule has 0 aliphatic carbocycles. The monoisotopic (exact) mass is 281 g/mol. The van der Waals surface area contributed by atoms with Gasteiger partial charge in [0.15, 0.2) is 5.69 Å². The summed E-state index contributed by atoms with van der Waals surface area (Å²) in [7, 11) is 2.99. The molecule has 0 radical (unpaired) electrons. The lowest BCUT2D eigenvalue weighted by atomic mass is 10.3. The number of hydrogen-bond acceptors (Lipinski definition) is 6. The van der Waals surface area contributed by atoms with Gasteiger partial charge in [-0.2, -0.15) is 9.97 Å². The highest BCUT2D eigenvalue weighted by Crippen LogP contribution is 2.34. The third-order valence-corrected chi connectivity index (χ3v) is 2.65. The van der Waals surface area contributed by atoms with Crippen molar-refractivity contribution < 1.29 is 14.2 Å². The van der Waals surface area contributed by atoms with E-state index in [-0.39, 0.29) is 17.4 Å². The number of methoxy groups -OCH3 is 2. The van der Waals surface area contributed by atoms with Crippen molar-refractivity contribution >= 4 is 17.3 Å². The number of nitrogen functional groups attached to an aromatic ring is 1. The molecule has 1 heterocycles.